The van der Waals surface area contributed by atoms with E-state index < -0.39 is 0 Å². The Bertz CT molecular complexity index is 683. The van der Waals surface area contributed by atoms with E-state index in [1.54, 1.807) is 13.4 Å². The highest BCUT2D eigenvalue weighted by atomic mass is 79.9. The Hall–Kier alpha value is -1.74. The van der Waals surface area contributed by atoms with Gasteiger partial charge in [-0.2, -0.15) is 0 Å². The van der Waals surface area contributed by atoms with Gasteiger partial charge in [-0.25, -0.2) is 0 Å². The van der Waals surface area contributed by atoms with Crippen molar-refractivity contribution in [3.63, 3.8) is 0 Å². The predicted octanol–water partition coefficient (Wildman–Crippen LogP) is 4.87. The lowest BCUT2D eigenvalue weighted by Gasteiger charge is -2.01. The average Bonchev–Trinajstić information content (AvgIpc) is 2.84. The average molecular weight is 303 g/mol. The summed E-state index contributed by atoms with van der Waals surface area (Å²) in [4.78, 5) is 0. The molecule has 0 spiro atoms. The SMILES string of the molecule is COc1ccc(-c2coc3c(Br)cccc23)cc1. The van der Waals surface area contributed by atoms with E-state index in [9.17, 15) is 0 Å². The number of rotatable bonds is 2. The Morgan fingerprint density at radius 1 is 1.06 bits per heavy atom. The number of hydrogen-bond acceptors (Lipinski definition) is 2. The lowest BCUT2D eigenvalue weighted by atomic mass is 10.0. The second-order valence-corrected chi connectivity index (χ2v) is 4.85. The maximum Gasteiger partial charge on any atom is 0.148 e. The third-order valence-electron chi connectivity index (χ3n) is 2.95. The van der Waals surface area contributed by atoms with E-state index in [4.69, 9.17) is 9.15 Å². The first-order valence-electron chi connectivity index (χ1n) is 5.60. The summed E-state index contributed by atoms with van der Waals surface area (Å²) in [5.74, 6) is 0.854. The van der Waals surface area contributed by atoms with Crippen LogP contribution in [-0.2, 0) is 0 Å². The van der Waals surface area contributed by atoms with Gasteiger partial charge in [0.25, 0.3) is 0 Å². The molecular weight excluding hydrogens is 292 g/mol. The van der Waals surface area contributed by atoms with Gasteiger partial charge < -0.3 is 9.15 Å². The molecule has 0 saturated carbocycles. The van der Waals surface area contributed by atoms with Gasteiger partial charge in [0.2, 0.25) is 0 Å². The molecule has 0 saturated heterocycles. The Labute approximate surface area is 113 Å². The number of fused-ring (bicyclic) bond motifs is 1. The van der Waals surface area contributed by atoms with Crippen LogP contribution >= 0.6 is 15.9 Å². The van der Waals surface area contributed by atoms with E-state index in [0.717, 1.165) is 32.3 Å². The molecule has 0 aliphatic rings. The maximum absolute atomic E-state index is 5.61. The van der Waals surface area contributed by atoms with Crippen molar-refractivity contribution in [1.82, 2.24) is 0 Å². The molecule has 0 unspecified atom stereocenters. The van der Waals surface area contributed by atoms with Gasteiger partial charge in [0.1, 0.15) is 11.3 Å². The molecular formula is C15H11BrO2. The van der Waals surface area contributed by atoms with Crippen LogP contribution in [0.3, 0.4) is 0 Å². The summed E-state index contributed by atoms with van der Waals surface area (Å²) in [6.45, 7) is 0. The van der Waals surface area contributed by atoms with E-state index >= 15 is 0 Å². The van der Waals surface area contributed by atoms with Gasteiger partial charge in [-0.15, -0.1) is 0 Å². The zero-order valence-electron chi connectivity index (χ0n) is 9.81. The van der Waals surface area contributed by atoms with Gasteiger partial charge in [0.15, 0.2) is 0 Å². The zero-order chi connectivity index (χ0) is 12.5. The van der Waals surface area contributed by atoms with Crippen molar-refractivity contribution >= 4 is 26.9 Å². The summed E-state index contributed by atoms with van der Waals surface area (Å²) in [6, 6.07) is 14.0. The summed E-state index contributed by atoms with van der Waals surface area (Å²) < 4.78 is 11.7. The van der Waals surface area contributed by atoms with Crippen LogP contribution in [0.25, 0.3) is 22.1 Å². The molecule has 2 aromatic carbocycles. The zero-order valence-corrected chi connectivity index (χ0v) is 11.4. The van der Waals surface area contributed by atoms with Gasteiger partial charge in [0.05, 0.1) is 17.8 Å². The fourth-order valence-corrected chi connectivity index (χ4v) is 2.48. The summed E-state index contributed by atoms with van der Waals surface area (Å²) >= 11 is 3.49. The fourth-order valence-electron chi connectivity index (χ4n) is 2.02. The van der Waals surface area contributed by atoms with Crippen molar-refractivity contribution in [2.75, 3.05) is 7.11 Å². The predicted molar refractivity (Wildman–Crippen MR) is 75.9 cm³/mol. The molecule has 3 rings (SSSR count). The monoisotopic (exact) mass is 302 g/mol. The molecule has 0 aliphatic carbocycles. The number of ether oxygens (including phenoxy) is 1. The number of furan rings is 1. The number of para-hydroxylation sites is 1. The van der Waals surface area contributed by atoms with Crippen molar-refractivity contribution in [2.24, 2.45) is 0 Å². The van der Waals surface area contributed by atoms with Crippen LogP contribution in [0.1, 0.15) is 0 Å². The van der Waals surface area contributed by atoms with Gasteiger partial charge in [-0.1, -0.05) is 24.3 Å². The summed E-state index contributed by atoms with van der Waals surface area (Å²) in [6.07, 6.45) is 1.79. The van der Waals surface area contributed by atoms with Gasteiger partial charge in [0, 0.05) is 10.9 Å². The van der Waals surface area contributed by atoms with Gasteiger partial charge >= 0.3 is 0 Å². The smallest absolute Gasteiger partial charge is 0.148 e. The first kappa shape index (κ1) is 11.4. The van der Waals surface area contributed by atoms with Crippen LogP contribution in [0, 0.1) is 0 Å². The molecule has 0 amide bonds. The molecule has 3 aromatic rings. The molecule has 0 radical (unpaired) electrons. The summed E-state index contributed by atoms with van der Waals surface area (Å²) in [5, 5.41) is 1.11. The van der Waals surface area contributed by atoms with Crippen LogP contribution in [0.2, 0.25) is 0 Å². The van der Waals surface area contributed by atoms with Crippen molar-refractivity contribution in [3.8, 4) is 16.9 Å². The Balaban J connectivity index is 2.16. The van der Waals surface area contributed by atoms with Crippen LogP contribution in [0.15, 0.2) is 57.6 Å². The van der Waals surface area contributed by atoms with E-state index in [-0.39, 0.29) is 0 Å². The second kappa shape index (κ2) is 4.50. The summed E-state index contributed by atoms with van der Waals surface area (Å²) in [5.41, 5.74) is 3.09. The second-order valence-electron chi connectivity index (χ2n) is 3.99. The number of benzene rings is 2. The van der Waals surface area contributed by atoms with E-state index in [1.807, 2.05) is 36.4 Å². The van der Waals surface area contributed by atoms with Crippen LogP contribution in [0.4, 0.5) is 0 Å². The largest absolute Gasteiger partial charge is 0.497 e. The normalized spacial score (nSPS) is 10.8. The van der Waals surface area contributed by atoms with Crippen molar-refractivity contribution in [3.05, 3.63) is 53.2 Å². The number of hydrogen-bond donors (Lipinski definition) is 0. The van der Waals surface area contributed by atoms with E-state index in [2.05, 4.69) is 22.0 Å². The maximum atomic E-state index is 5.61. The highest BCUT2D eigenvalue weighted by molar-refractivity contribution is 9.10. The molecule has 18 heavy (non-hydrogen) atoms. The van der Waals surface area contributed by atoms with E-state index in [0.29, 0.717) is 0 Å². The molecule has 90 valence electrons. The van der Waals surface area contributed by atoms with Crippen molar-refractivity contribution < 1.29 is 9.15 Å². The van der Waals surface area contributed by atoms with Gasteiger partial charge in [-0.3, -0.25) is 0 Å². The minimum absolute atomic E-state index is 0.854. The van der Waals surface area contributed by atoms with Crippen molar-refractivity contribution in [2.45, 2.75) is 0 Å². The molecule has 0 fully saturated rings. The van der Waals surface area contributed by atoms with Crippen LogP contribution < -0.4 is 4.74 Å². The van der Waals surface area contributed by atoms with Crippen LogP contribution in [-0.4, -0.2) is 7.11 Å². The number of methoxy groups -OCH3 is 1. The molecule has 1 aromatic heterocycles. The topological polar surface area (TPSA) is 22.4 Å². The van der Waals surface area contributed by atoms with Gasteiger partial charge in [-0.05, 0) is 39.7 Å². The van der Waals surface area contributed by atoms with Crippen LogP contribution in [0.5, 0.6) is 5.75 Å². The first-order chi connectivity index (χ1) is 8.79. The standard InChI is InChI=1S/C15H11BrO2/c1-17-11-7-5-10(6-8-11)13-9-18-15-12(13)3-2-4-14(15)16/h2-9H,1H3. The molecule has 0 N–H and O–H groups in total. The lowest BCUT2D eigenvalue weighted by Crippen LogP contribution is -1.82. The lowest BCUT2D eigenvalue weighted by molar-refractivity contribution is 0.415. The first-order valence-corrected chi connectivity index (χ1v) is 6.39. The molecule has 1 heterocycles. The fraction of sp³-hybridized carbons (Fsp3) is 0.0667. The Morgan fingerprint density at radius 3 is 2.56 bits per heavy atom. The highest BCUT2D eigenvalue weighted by Gasteiger charge is 2.09. The molecule has 0 atom stereocenters. The number of halogens is 1. The molecule has 2 nitrogen and oxygen atoms in total. The van der Waals surface area contributed by atoms with E-state index in [1.165, 1.54) is 0 Å². The molecule has 0 aliphatic heterocycles. The minimum Gasteiger partial charge on any atom is -0.497 e. The Morgan fingerprint density at radius 2 is 1.83 bits per heavy atom. The highest BCUT2D eigenvalue weighted by Crippen LogP contribution is 2.34. The van der Waals surface area contributed by atoms with Crippen molar-refractivity contribution in [1.29, 1.82) is 0 Å². The molecule has 0 bridgehead atoms. The summed E-state index contributed by atoms with van der Waals surface area (Å²) in [7, 11) is 1.67. The third-order valence-corrected chi connectivity index (χ3v) is 3.58. The third kappa shape index (κ3) is 1.81. The quantitative estimate of drug-likeness (QED) is 0.674. The minimum atomic E-state index is 0.854. The Kier molecular flexibility index (Phi) is 2.84. The molecule has 3 heteroatoms.